The number of H-pyrrole nitrogens is 1. The minimum absolute atomic E-state index is 0.231. The van der Waals surface area contributed by atoms with E-state index in [4.69, 9.17) is 0 Å². The number of hydrogen-bond donors (Lipinski definition) is 1. The number of aromatic nitrogens is 2. The van der Waals surface area contributed by atoms with Crippen molar-refractivity contribution in [3.8, 4) is 0 Å². The third-order valence-corrected chi connectivity index (χ3v) is 5.61. The van der Waals surface area contributed by atoms with Crippen molar-refractivity contribution >= 4 is 17.7 Å². The van der Waals surface area contributed by atoms with Crippen LogP contribution in [0.1, 0.15) is 43.4 Å². The van der Waals surface area contributed by atoms with Crippen molar-refractivity contribution < 1.29 is 4.79 Å². The Morgan fingerprint density at radius 1 is 1.04 bits per heavy atom. The molecule has 1 amide bonds. The van der Waals surface area contributed by atoms with Crippen molar-refractivity contribution in [3.05, 3.63) is 32.1 Å². The van der Waals surface area contributed by atoms with E-state index in [2.05, 4.69) is 4.98 Å². The van der Waals surface area contributed by atoms with Gasteiger partial charge in [-0.15, -0.1) is 0 Å². The molecule has 0 atom stereocenters. The van der Waals surface area contributed by atoms with E-state index in [1.54, 1.807) is 16.3 Å². The van der Waals surface area contributed by atoms with E-state index < -0.39 is 0 Å². The van der Waals surface area contributed by atoms with Crippen LogP contribution in [0.2, 0.25) is 0 Å². The number of likely N-dealkylation sites (tertiary alicyclic amines) is 1. The van der Waals surface area contributed by atoms with E-state index in [9.17, 15) is 14.4 Å². The number of thioether (sulfide) groups is 1. The molecule has 2 aliphatic heterocycles. The Hall–Kier alpha value is -1.50. The van der Waals surface area contributed by atoms with Gasteiger partial charge < -0.3 is 4.90 Å². The summed E-state index contributed by atoms with van der Waals surface area (Å²) in [4.78, 5) is 40.4. The lowest BCUT2D eigenvalue weighted by Crippen LogP contribution is -2.38. The second-order valence-electron chi connectivity index (χ2n) is 6.18. The van der Waals surface area contributed by atoms with Gasteiger partial charge in [0.05, 0.1) is 0 Å². The number of hydrogen-bond acceptors (Lipinski definition) is 4. The summed E-state index contributed by atoms with van der Waals surface area (Å²) in [6.45, 7) is 2.08. The summed E-state index contributed by atoms with van der Waals surface area (Å²) in [7, 11) is 0. The van der Waals surface area contributed by atoms with Crippen LogP contribution in [0.15, 0.2) is 9.59 Å². The second kappa shape index (κ2) is 7.38. The van der Waals surface area contributed by atoms with Crippen LogP contribution in [0.25, 0.3) is 0 Å². The molecule has 6 nitrogen and oxygen atoms in total. The molecule has 3 heterocycles. The van der Waals surface area contributed by atoms with Gasteiger partial charge in [-0.2, -0.15) is 11.8 Å². The van der Waals surface area contributed by atoms with Gasteiger partial charge in [-0.1, -0.05) is 6.42 Å². The van der Waals surface area contributed by atoms with Crippen molar-refractivity contribution in [2.45, 2.75) is 50.8 Å². The summed E-state index contributed by atoms with van der Waals surface area (Å²) in [5, 5.41) is 0. The Bertz CT molecular complexity index is 695. The highest BCUT2D eigenvalue weighted by molar-refractivity contribution is 7.98. The maximum atomic E-state index is 12.1. The first kappa shape index (κ1) is 16.4. The molecule has 2 aliphatic rings. The number of fused-ring (bicyclic) bond motifs is 1. The number of carbonyl (C=O) groups excluding carboxylic acids is 1. The fourth-order valence-corrected chi connectivity index (χ4v) is 4.35. The average Bonchev–Trinajstić information content (AvgIpc) is 2.75. The van der Waals surface area contributed by atoms with Gasteiger partial charge in [-0.25, -0.2) is 4.79 Å². The highest BCUT2D eigenvalue weighted by Crippen LogP contribution is 2.20. The lowest BCUT2D eigenvalue weighted by Gasteiger charge is -2.22. The van der Waals surface area contributed by atoms with Crippen molar-refractivity contribution in [1.82, 2.24) is 14.5 Å². The third kappa shape index (κ3) is 3.71. The molecule has 0 aliphatic carbocycles. The lowest BCUT2D eigenvalue weighted by molar-refractivity contribution is -0.130. The van der Waals surface area contributed by atoms with E-state index in [1.165, 1.54) is 0 Å². The van der Waals surface area contributed by atoms with E-state index in [-0.39, 0.29) is 17.2 Å². The van der Waals surface area contributed by atoms with Crippen LogP contribution in [0.5, 0.6) is 0 Å². The predicted octanol–water partition coefficient (Wildman–Crippen LogP) is 1.12. The van der Waals surface area contributed by atoms with Crippen LogP contribution in [-0.4, -0.2) is 39.2 Å². The highest BCUT2D eigenvalue weighted by atomic mass is 32.2. The molecule has 1 N–H and O–H groups in total. The van der Waals surface area contributed by atoms with E-state index in [0.29, 0.717) is 25.3 Å². The molecular weight excluding hydrogens is 314 g/mol. The molecule has 0 radical (unpaired) electrons. The van der Waals surface area contributed by atoms with Crippen LogP contribution in [0.3, 0.4) is 0 Å². The van der Waals surface area contributed by atoms with Crippen molar-refractivity contribution in [1.29, 1.82) is 0 Å². The number of carbonyl (C=O) groups is 1. The van der Waals surface area contributed by atoms with Crippen LogP contribution in [-0.2, 0) is 23.5 Å². The largest absolute Gasteiger partial charge is 0.343 e. The Labute approximate surface area is 139 Å². The summed E-state index contributed by atoms with van der Waals surface area (Å²) in [6.07, 6.45) is 5.33. The average molecular weight is 337 g/mol. The van der Waals surface area contributed by atoms with Gasteiger partial charge in [0.2, 0.25) is 5.91 Å². The maximum Gasteiger partial charge on any atom is 0.328 e. The topological polar surface area (TPSA) is 75.2 Å². The van der Waals surface area contributed by atoms with E-state index in [1.807, 2.05) is 4.90 Å². The molecule has 1 saturated heterocycles. The Morgan fingerprint density at radius 2 is 1.91 bits per heavy atom. The minimum atomic E-state index is -0.317. The third-order valence-electron chi connectivity index (χ3n) is 4.62. The van der Waals surface area contributed by atoms with Gasteiger partial charge in [-0.05, 0) is 31.4 Å². The Balaban J connectivity index is 1.70. The fraction of sp³-hybridized carbons (Fsp3) is 0.688. The van der Waals surface area contributed by atoms with Gasteiger partial charge >= 0.3 is 5.69 Å². The summed E-state index contributed by atoms with van der Waals surface area (Å²) in [5.74, 6) is 1.85. The minimum Gasteiger partial charge on any atom is -0.343 e. The first-order valence-corrected chi connectivity index (χ1v) is 9.52. The molecule has 1 aromatic rings. The molecule has 0 bridgehead atoms. The Morgan fingerprint density at radius 3 is 2.78 bits per heavy atom. The normalized spacial score (nSPS) is 18.6. The first-order chi connectivity index (χ1) is 11.2. The van der Waals surface area contributed by atoms with Crippen LogP contribution < -0.4 is 11.2 Å². The Kier molecular flexibility index (Phi) is 5.25. The fourth-order valence-electron chi connectivity index (χ4n) is 3.37. The van der Waals surface area contributed by atoms with E-state index in [0.717, 1.165) is 55.7 Å². The number of aromatic amines is 1. The molecular formula is C16H23N3O3S. The number of rotatable bonds is 4. The molecule has 1 fully saturated rings. The van der Waals surface area contributed by atoms with Gasteiger partial charge in [0.1, 0.15) is 0 Å². The van der Waals surface area contributed by atoms with Crippen molar-refractivity contribution in [2.24, 2.45) is 0 Å². The summed E-state index contributed by atoms with van der Waals surface area (Å²) in [5.41, 5.74) is 1.07. The molecule has 0 unspecified atom stereocenters. The molecule has 23 heavy (non-hydrogen) atoms. The summed E-state index contributed by atoms with van der Waals surface area (Å²) < 4.78 is 1.71. The second-order valence-corrected chi connectivity index (χ2v) is 7.29. The molecule has 0 spiro atoms. The van der Waals surface area contributed by atoms with Crippen LogP contribution >= 0.6 is 11.8 Å². The van der Waals surface area contributed by atoms with Gasteiger partial charge in [0, 0.05) is 43.1 Å². The zero-order chi connectivity index (χ0) is 16.2. The molecule has 126 valence electrons. The van der Waals surface area contributed by atoms with Crippen molar-refractivity contribution in [2.75, 3.05) is 18.8 Å². The number of nitrogens with one attached hydrogen (secondary N) is 1. The molecule has 0 aromatic carbocycles. The molecule has 7 heteroatoms. The standard InChI is InChI=1S/C16H23N3O3S/c20-14-5-2-1-3-7-18(14)8-4-9-19-13-6-10-23-11-12(13)15(21)17-16(19)22/h1-11H2,(H,17,21,22). The van der Waals surface area contributed by atoms with Gasteiger partial charge in [-0.3, -0.25) is 19.1 Å². The molecule has 0 saturated carbocycles. The quantitative estimate of drug-likeness (QED) is 0.893. The van der Waals surface area contributed by atoms with Gasteiger partial charge in [0.25, 0.3) is 5.56 Å². The van der Waals surface area contributed by atoms with Crippen LogP contribution in [0, 0.1) is 0 Å². The lowest BCUT2D eigenvalue weighted by atomic mass is 10.2. The zero-order valence-corrected chi connectivity index (χ0v) is 14.1. The molecule has 1 aromatic heterocycles. The monoisotopic (exact) mass is 337 g/mol. The predicted molar refractivity (Wildman–Crippen MR) is 90.9 cm³/mol. The van der Waals surface area contributed by atoms with E-state index >= 15 is 0 Å². The summed E-state index contributed by atoms with van der Waals surface area (Å²) in [6, 6.07) is 0. The first-order valence-electron chi connectivity index (χ1n) is 8.37. The summed E-state index contributed by atoms with van der Waals surface area (Å²) >= 11 is 1.73. The smallest absolute Gasteiger partial charge is 0.328 e. The highest BCUT2D eigenvalue weighted by Gasteiger charge is 2.19. The maximum absolute atomic E-state index is 12.1. The molecule has 3 rings (SSSR count). The van der Waals surface area contributed by atoms with Gasteiger partial charge in [0.15, 0.2) is 0 Å². The van der Waals surface area contributed by atoms with Crippen LogP contribution in [0.4, 0.5) is 0 Å². The van der Waals surface area contributed by atoms with Crippen molar-refractivity contribution in [3.63, 3.8) is 0 Å². The zero-order valence-electron chi connectivity index (χ0n) is 13.3. The number of amides is 1. The number of nitrogens with zero attached hydrogens (tertiary/aromatic N) is 2. The SMILES string of the molecule is O=C1CCCCCN1CCCn1c2c(c(=O)[nH]c1=O)CSCC2.